The van der Waals surface area contributed by atoms with Crippen molar-refractivity contribution in [1.82, 2.24) is 28.7 Å². The number of ether oxygens (including phenoxy) is 2. The highest BCUT2D eigenvalue weighted by molar-refractivity contribution is 6.76. The van der Waals surface area contributed by atoms with E-state index in [-0.39, 0.29) is 18.5 Å². The van der Waals surface area contributed by atoms with Crippen LogP contribution in [0.25, 0.3) is 28.1 Å². The van der Waals surface area contributed by atoms with E-state index >= 15 is 0 Å². The van der Waals surface area contributed by atoms with Gasteiger partial charge in [-0.05, 0) is 31.0 Å². The Labute approximate surface area is 193 Å². The molecule has 5 rings (SSSR count). The zero-order valence-electron chi connectivity index (χ0n) is 19.4. The van der Waals surface area contributed by atoms with Crippen LogP contribution in [0.4, 0.5) is 0 Å². The normalized spacial score (nSPS) is 15.6. The number of aromatic nitrogens is 6. The molecule has 10 heteroatoms. The molecule has 0 saturated carbocycles. The third kappa shape index (κ3) is 4.38. The Bertz CT molecular complexity index is 1330. The molecule has 0 aromatic carbocycles. The summed E-state index contributed by atoms with van der Waals surface area (Å²) in [6.07, 6.45) is 6.97. The van der Waals surface area contributed by atoms with Crippen molar-refractivity contribution in [3.05, 3.63) is 47.3 Å². The number of hydrogen-bond acceptors (Lipinski definition) is 6. The molecule has 1 aliphatic heterocycles. The van der Waals surface area contributed by atoms with Crippen LogP contribution in [0, 0.1) is 0 Å². The van der Waals surface area contributed by atoms with E-state index < -0.39 is 8.07 Å². The summed E-state index contributed by atoms with van der Waals surface area (Å²) in [7, 11) is -1.21. The Morgan fingerprint density at radius 1 is 1.15 bits per heavy atom. The highest BCUT2D eigenvalue weighted by Gasteiger charge is 2.25. The van der Waals surface area contributed by atoms with Gasteiger partial charge < -0.3 is 9.47 Å². The maximum atomic E-state index is 13.5. The molecule has 5 heterocycles. The summed E-state index contributed by atoms with van der Waals surface area (Å²) in [5.74, 6) is 0.557. The average Bonchev–Trinajstić information content (AvgIpc) is 3.35. The summed E-state index contributed by atoms with van der Waals surface area (Å²) < 4.78 is 16.7. The van der Waals surface area contributed by atoms with Gasteiger partial charge in [0.2, 0.25) is 0 Å². The number of imidazole rings is 1. The number of hydrogen-bond donors (Lipinski definition) is 0. The van der Waals surface area contributed by atoms with Crippen LogP contribution in [-0.2, 0) is 16.2 Å². The summed E-state index contributed by atoms with van der Waals surface area (Å²) in [6.45, 7) is 9.08. The fourth-order valence-electron chi connectivity index (χ4n) is 4.23. The van der Waals surface area contributed by atoms with Crippen molar-refractivity contribution in [3.63, 3.8) is 0 Å². The van der Waals surface area contributed by atoms with E-state index in [0.717, 1.165) is 30.0 Å². The molecule has 4 aromatic rings. The first-order chi connectivity index (χ1) is 15.9. The van der Waals surface area contributed by atoms with Crippen molar-refractivity contribution in [2.45, 2.75) is 51.3 Å². The van der Waals surface area contributed by atoms with E-state index in [0.29, 0.717) is 36.8 Å². The molecule has 33 heavy (non-hydrogen) atoms. The molecule has 0 N–H and O–H groups in total. The van der Waals surface area contributed by atoms with Gasteiger partial charge in [0.15, 0.2) is 11.5 Å². The predicted octanol–water partition coefficient (Wildman–Crippen LogP) is 3.57. The van der Waals surface area contributed by atoms with E-state index in [4.69, 9.17) is 14.5 Å². The van der Waals surface area contributed by atoms with Crippen LogP contribution in [0.1, 0.15) is 18.9 Å². The molecule has 0 aliphatic carbocycles. The molecule has 0 amide bonds. The van der Waals surface area contributed by atoms with Crippen molar-refractivity contribution in [1.29, 1.82) is 0 Å². The highest BCUT2D eigenvalue weighted by atomic mass is 28.3. The van der Waals surface area contributed by atoms with Gasteiger partial charge in [0.1, 0.15) is 12.2 Å². The van der Waals surface area contributed by atoms with Crippen LogP contribution in [0.5, 0.6) is 0 Å². The van der Waals surface area contributed by atoms with Gasteiger partial charge in [-0.3, -0.25) is 9.13 Å². The van der Waals surface area contributed by atoms with E-state index in [1.165, 1.54) is 0 Å². The van der Waals surface area contributed by atoms with Gasteiger partial charge in [-0.1, -0.05) is 25.7 Å². The molecule has 174 valence electrons. The number of nitrogens with zero attached hydrogens (tertiary/aromatic N) is 6. The Balaban J connectivity index is 1.56. The Morgan fingerprint density at radius 3 is 2.76 bits per heavy atom. The molecule has 0 spiro atoms. The number of fused-ring (bicyclic) bond motifs is 2. The van der Waals surface area contributed by atoms with Gasteiger partial charge in [-0.25, -0.2) is 19.3 Å². The minimum Gasteiger partial charge on any atom is -0.381 e. The second kappa shape index (κ2) is 8.84. The lowest BCUT2D eigenvalue weighted by molar-refractivity contribution is 0.0669. The van der Waals surface area contributed by atoms with Gasteiger partial charge in [0.25, 0.3) is 0 Å². The van der Waals surface area contributed by atoms with Gasteiger partial charge in [-0.15, -0.1) is 0 Å². The lowest BCUT2D eigenvalue weighted by Crippen LogP contribution is -2.31. The first-order valence-corrected chi connectivity index (χ1v) is 15.2. The number of pyridine rings is 1. The lowest BCUT2D eigenvalue weighted by atomic mass is 10.1. The molecule has 0 radical (unpaired) electrons. The van der Waals surface area contributed by atoms with Crippen LogP contribution < -0.4 is 5.69 Å². The van der Waals surface area contributed by atoms with Crippen LogP contribution in [0.3, 0.4) is 0 Å². The van der Waals surface area contributed by atoms with Crippen LogP contribution >= 0.6 is 0 Å². The second-order valence-electron chi connectivity index (χ2n) is 9.76. The van der Waals surface area contributed by atoms with Crippen LogP contribution in [0.2, 0.25) is 25.7 Å². The van der Waals surface area contributed by atoms with Crippen molar-refractivity contribution >= 4 is 24.8 Å². The Morgan fingerprint density at radius 2 is 1.97 bits per heavy atom. The molecule has 1 fully saturated rings. The van der Waals surface area contributed by atoms with Crippen molar-refractivity contribution in [2.75, 3.05) is 19.8 Å². The summed E-state index contributed by atoms with van der Waals surface area (Å²) >= 11 is 0. The third-order valence-electron chi connectivity index (χ3n) is 6.15. The maximum absolute atomic E-state index is 13.5. The van der Waals surface area contributed by atoms with Crippen molar-refractivity contribution in [3.8, 4) is 11.4 Å². The average molecular weight is 467 g/mol. The summed E-state index contributed by atoms with van der Waals surface area (Å²) in [4.78, 5) is 23.0. The molecular weight excluding hydrogens is 436 g/mol. The fraction of sp³-hybridized carbons (Fsp3) is 0.478. The first-order valence-electron chi connectivity index (χ1n) is 11.5. The van der Waals surface area contributed by atoms with Gasteiger partial charge in [0.05, 0.1) is 23.5 Å². The van der Waals surface area contributed by atoms with Gasteiger partial charge >= 0.3 is 5.69 Å². The summed E-state index contributed by atoms with van der Waals surface area (Å²) in [5.41, 5.74) is 2.99. The molecule has 4 aromatic heterocycles. The second-order valence-corrected chi connectivity index (χ2v) is 15.4. The molecule has 0 bridgehead atoms. The zero-order valence-corrected chi connectivity index (χ0v) is 20.4. The quantitative estimate of drug-likeness (QED) is 0.306. The Kier molecular flexibility index (Phi) is 5.89. The molecule has 0 atom stereocenters. The topological polar surface area (TPSA) is 88.5 Å². The molecule has 1 aliphatic rings. The fourth-order valence-corrected chi connectivity index (χ4v) is 4.98. The minimum absolute atomic E-state index is 0.0450. The first kappa shape index (κ1) is 22.0. The monoisotopic (exact) mass is 466 g/mol. The lowest BCUT2D eigenvalue weighted by Gasteiger charge is -2.22. The SMILES string of the molecule is C[Si](C)(C)CCOCn1c(=O)n(C2CCOCC2)c2nc(-c3cnn4ccccc34)ncc21. The van der Waals surface area contributed by atoms with Crippen LogP contribution in [-0.4, -0.2) is 56.6 Å². The zero-order chi connectivity index (χ0) is 23.0. The highest BCUT2D eigenvalue weighted by Crippen LogP contribution is 2.27. The third-order valence-corrected chi connectivity index (χ3v) is 7.85. The summed E-state index contributed by atoms with van der Waals surface area (Å²) in [6, 6.07) is 6.97. The largest absolute Gasteiger partial charge is 0.381 e. The maximum Gasteiger partial charge on any atom is 0.332 e. The van der Waals surface area contributed by atoms with Gasteiger partial charge in [0, 0.05) is 40.1 Å². The van der Waals surface area contributed by atoms with Crippen molar-refractivity contribution in [2.24, 2.45) is 0 Å². The van der Waals surface area contributed by atoms with E-state index in [1.54, 1.807) is 21.5 Å². The summed E-state index contributed by atoms with van der Waals surface area (Å²) in [5, 5.41) is 4.41. The smallest absolute Gasteiger partial charge is 0.332 e. The van der Waals surface area contributed by atoms with Crippen molar-refractivity contribution < 1.29 is 9.47 Å². The standard InChI is InChI=1S/C23H30N6O3Si/c1-33(2,3)13-12-32-16-27-20-15-24-21(18-14-25-28-9-5-4-6-19(18)28)26-22(20)29(23(27)30)17-7-10-31-11-8-17/h4-6,9,14-15,17H,7-8,10-13,16H2,1-3H3. The molecule has 0 unspecified atom stereocenters. The van der Waals surface area contributed by atoms with E-state index in [9.17, 15) is 4.79 Å². The van der Waals surface area contributed by atoms with E-state index in [2.05, 4.69) is 29.7 Å². The minimum atomic E-state index is -1.21. The predicted molar refractivity (Wildman–Crippen MR) is 129 cm³/mol. The Hall–Kier alpha value is -2.82. The van der Waals surface area contributed by atoms with Gasteiger partial charge in [-0.2, -0.15) is 5.10 Å². The van der Waals surface area contributed by atoms with E-state index in [1.807, 2.05) is 29.0 Å². The molecule has 1 saturated heterocycles. The van der Waals surface area contributed by atoms with Crippen LogP contribution in [0.15, 0.2) is 41.6 Å². The molecule has 9 nitrogen and oxygen atoms in total. The molecular formula is C23H30N6O3Si. The number of rotatable bonds is 7.